The molecule has 5 heteroatoms. The zero-order valence-corrected chi connectivity index (χ0v) is 14.4. The van der Waals surface area contributed by atoms with Crippen molar-refractivity contribution in [2.24, 2.45) is 5.92 Å². The Bertz CT molecular complexity index is 559. The fourth-order valence-electron chi connectivity index (χ4n) is 2.99. The highest BCUT2D eigenvalue weighted by Crippen LogP contribution is 2.32. The first-order valence-electron chi connectivity index (χ1n) is 7.18. The summed E-state index contributed by atoms with van der Waals surface area (Å²) in [4.78, 5) is 0.425. The molecule has 1 N–H and O–H groups in total. The zero-order valence-electron chi connectivity index (χ0n) is 12.0. The highest BCUT2D eigenvalue weighted by molar-refractivity contribution is 9.10. The molecular formula is C15H22BrNO2S. The van der Waals surface area contributed by atoms with Gasteiger partial charge in [0, 0.05) is 10.5 Å². The minimum Gasteiger partial charge on any atom is -0.313 e. The first kappa shape index (κ1) is 16.0. The number of hydrogen-bond acceptors (Lipinski definition) is 3. The average molecular weight is 360 g/mol. The molecule has 0 heterocycles. The lowest BCUT2D eigenvalue weighted by Gasteiger charge is -2.35. The molecule has 0 bridgehead atoms. The van der Waals surface area contributed by atoms with E-state index in [-0.39, 0.29) is 11.3 Å². The Labute approximate surface area is 130 Å². The van der Waals surface area contributed by atoms with Crippen LogP contribution in [0.2, 0.25) is 0 Å². The largest absolute Gasteiger partial charge is 0.313 e. The summed E-state index contributed by atoms with van der Waals surface area (Å²) in [6.07, 6.45) is 2.78. The van der Waals surface area contributed by atoms with Crippen molar-refractivity contribution in [3.8, 4) is 0 Å². The Balaban J connectivity index is 2.34. The van der Waals surface area contributed by atoms with E-state index in [0.29, 0.717) is 10.8 Å². The van der Waals surface area contributed by atoms with Crippen LogP contribution in [0, 0.1) is 5.92 Å². The molecule has 0 amide bonds. The standard InChI is InChI=1S/C15H22BrNO2S/c1-3-17-14-8-7-11(2)9-15(14)20(18,19)13-6-4-5-12(16)10-13/h4-6,10-11,14-15,17H,3,7-9H2,1-2H3. The van der Waals surface area contributed by atoms with Gasteiger partial charge in [-0.3, -0.25) is 0 Å². The second kappa shape index (κ2) is 6.58. The number of halogens is 1. The maximum Gasteiger partial charge on any atom is 0.182 e. The van der Waals surface area contributed by atoms with E-state index in [2.05, 4.69) is 28.2 Å². The molecule has 3 nitrogen and oxygen atoms in total. The van der Waals surface area contributed by atoms with Crippen molar-refractivity contribution in [2.45, 2.75) is 49.3 Å². The summed E-state index contributed by atoms with van der Waals surface area (Å²) in [7, 11) is -3.28. The summed E-state index contributed by atoms with van der Waals surface area (Å²) in [5.41, 5.74) is 0. The van der Waals surface area contributed by atoms with Crippen LogP contribution in [0.1, 0.15) is 33.1 Å². The van der Waals surface area contributed by atoms with Gasteiger partial charge in [0.15, 0.2) is 9.84 Å². The van der Waals surface area contributed by atoms with E-state index in [1.165, 1.54) is 0 Å². The van der Waals surface area contributed by atoms with Gasteiger partial charge in [0.05, 0.1) is 10.1 Å². The predicted octanol–water partition coefficient (Wildman–Crippen LogP) is 3.39. The normalized spacial score (nSPS) is 27.4. The molecule has 1 fully saturated rings. The predicted molar refractivity (Wildman–Crippen MR) is 85.6 cm³/mol. The summed E-state index contributed by atoms with van der Waals surface area (Å²) < 4.78 is 26.6. The molecule has 1 saturated carbocycles. The topological polar surface area (TPSA) is 46.2 Å². The van der Waals surface area contributed by atoms with E-state index in [1.807, 2.05) is 13.0 Å². The van der Waals surface area contributed by atoms with Gasteiger partial charge in [0.1, 0.15) is 0 Å². The first-order valence-corrected chi connectivity index (χ1v) is 9.52. The summed E-state index contributed by atoms with van der Waals surface area (Å²) in [6.45, 7) is 4.98. The van der Waals surface area contributed by atoms with Gasteiger partial charge in [0.25, 0.3) is 0 Å². The molecule has 1 aliphatic rings. The number of rotatable bonds is 4. The Morgan fingerprint density at radius 3 is 2.75 bits per heavy atom. The lowest BCUT2D eigenvalue weighted by molar-refractivity contribution is 0.311. The van der Waals surface area contributed by atoms with Crippen LogP contribution in [0.15, 0.2) is 33.6 Å². The third-order valence-electron chi connectivity index (χ3n) is 4.04. The molecule has 1 aromatic rings. The molecule has 0 saturated heterocycles. The molecule has 0 aliphatic heterocycles. The van der Waals surface area contributed by atoms with Gasteiger partial charge in [-0.15, -0.1) is 0 Å². The first-order chi connectivity index (χ1) is 9.45. The Hall–Kier alpha value is -0.390. The summed E-state index contributed by atoms with van der Waals surface area (Å²) in [5.74, 6) is 0.469. The molecule has 1 aliphatic carbocycles. The van der Waals surface area contributed by atoms with E-state index in [9.17, 15) is 8.42 Å². The van der Waals surface area contributed by atoms with Crippen molar-refractivity contribution < 1.29 is 8.42 Å². The highest BCUT2D eigenvalue weighted by Gasteiger charge is 2.38. The van der Waals surface area contributed by atoms with E-state index < -0.39 is 9.84 Å². The van der Waals surface area contributed by atoms with Crippen LogP contribution in [0.25, 0.3) is 0 Å². The summed E-state index contributed by atoms with van der Waals surface area (Å²) in [5, 5.41) is 3.04. The Morgan fingerprint density at radius 1 is 1.35 bits per heavy atom. The van der Waals surface area contributed by atoms with Gasteiger partial charge in [-0.25, -0.2) is 8.42 Å². The SMILES string of the molecule is CCNC1CCC(C)CC1S(=O)(=O)c1cccc(Br)c1. The lowest BCUT2D eigenvalue weighted by Crippen LogP contribution is -2.47. The molecule has 0 radical (unpaired) electrons. The smallest absolute Gasteiger partial charge is 0.182 e. The molecule has 0 spiro atoms. The van der Waals surface area contributed by atoms with E-state index >= 15 is 0 Å². The highest BCUT2D eigenvalue weighted by atomic mass is 79.9. The third-order valence-corrected chi connectivity index (χ3v) is 6.77. The van der Waals surface area contributed by atoms with Crippen molar-refractivity contribution in [3.05, 3.63) is 28.7 Å². The molecule has 3 unspecified atom stereocenters. The minimum absolute atomic E-state index is 0.0696. The van der Waals surface area contributed by atoms with Crippen LogP contribution < -0.4 is 5.32 Å². The average Bonchev–Trinajstić information content (AvgIpc) is 2.41. The van der Waals surface area contributed by atoms with E-state index in [0.717, 1.165) is 30.3 Å². The Kier molecular flexibility index (Phi) is 5.26. The van der Waals surface area contributed by atoms with Crippen molar-refractivity contribution in [1.82, 2.24) is 5.32 Å². The Morgan fingerprint density at radius 2 is 2.10 bits per heavy atom. The number of sulfone groups is 1. The minimum atomic E-state index is -3.28. The fraction of sp³-hybridized carbons (Fsp3) is 0.600. The van der Waals surface area contributed by atoms with Crippen LogP contribution in [-0.2, 0) is 9.84 Å². The number of nitrogens with one attached hydrogen (secondary N) is 1. The lowest BCUT2D eigenvalue weighted by atomic mass is 9.87. The number of benzene rings is 1. The molecule has 3 atom stereocenters. The quantitative estimate of drug-likeness (QED) is 0.895. The zero-order chi connectivity index (χ0) is 14.8. The summed E-state index contributed by atoms with van der Waals surface area (Å²) in [6, 6.07) is 7.11. The molecule has 0 aromatic heterocycles. The van der Waals surface area contributed by atoms with Gasteiger partial charge in [-0.2, -0.15) is 0 Å². The van der Waals surface area contributed by atoms with Crippen LogP contribution >= 0.6 is 15.9 Å². The molecule has 1 aromatic carbocycles. The second-order valence-electron chi connectivity index (χ2n) is 5.62. The van der Waals surface area contributed by atoms with Gasteiger partial charge in [-0.1, -0.05) is 35.8 Å². The molecule has 112 valence electrons. The molecule has 20 heavy (non-hydrogen) atoms. The van der Waals surface area contributed by atoms with Crippen LogP contribution in [0.5, 0.6) is 0 Å². The van der Waals surface area contributed by atoms with Crippen LogP contribution in [0.3, 0.4) is 0 Å². The van der Waals surface area contributed by atoms with Crippen molar-refractivity contribution in [1.29, 1.82) is 0 Å². The van der Waals surface area contributed by atoms with Crippen molar-refractivity contribution in [2.75, 3.05) is 6.54 Å². The fourth-order valence-corrected chi connectivity index (χ4v) is 5.69. The third kappa shape index (κ3) is 3.43. The van der Waals surface area contributed by atoms with Crippen LogP contribution in [0.4, 0.5) is 0 Å². The molecular weight excluding hydrogens is 338 g/mol. The van der Waals surface area contributed by atoms with Crippen LogP contribution in [-0.4, -0.2) is 26.3 Å². The molecule has 2 rings (SSSR count). The number of hydrogen-bond donors (Lipinski definition) is 1. The van der Waals surface area contributed by atoms with Crippen molar-refractivity contribution >= 4 is 25.8 Å². The van der Waals surface area contributed by atoms with Gasteiger partial charge < -0.3 is 5.32 Å². The van der Waals surface area contributed by atoms with E-state index in [4.69, 9.17) is 0 Å². The van der Waals surface area contributed by atoms with Gasteiger partial charge >= 0.3 is 0 Å². The maximum atomic E-state index is 12.9. The van der Waals surface area contributed by atoms with Crippen molar-refractivity contribution in [3.63, 3.8) is 0 Å². The maximum absolute atomic E-state index is 12.9. The van der Waals surface area contributed by atoms with Gasteiger partial charge in [0.2, 0.25) is 0 Å². The van der Waals surface area contributed by atoms with E-state index in [1.54, 1.807) is 18.2 Å². The summed E-state index contributed by atoms with van der Waals surface area (Å²) >= 11 is 3.36. The monoisotopic (exact) mass is 359 g/mol. The van der Waals surface area contributed by atoms with Gasteiger partial charge in [-0.05, 0) is 49.9 Å². The second-order valence-corrected chi connectivity index (χ2v) is 8.71.